The molecule has 1 amide bonds. The summed E-state index contributed by atoms with van der Waals surface area (Å²) in [7, 11) is 4.09. The van der Waals surface area contributed by atoms with Crippen molar-refractivity contribution in [2.75, 3.05) is 20.1 Å². The third-order valence-electron chi connectivity index (χ3n) is 7.04. The number of carbonyl (C=O) groups excluding carboxylic acids is 1. The van der Waals surface area contributed by atoms with E-state index in [2.05, 4.69) is 76.3 Å². The highest BCUT2D eigenvalue weighted by Gasteiger charge is 2.24. The van der Waals surface area contributed by atoms with Crippen LogP contribution in [0.15, 0.2) is 67.5 Å². The largest absolute Gasteiger partial charge is 0.339 e. The van der Waals surface area contributed by atoms with E-state index in [1.165, 1.54) is 22.8 Å². The summed E-state index contributed by atoms with van der Waals surface area (Å²) in [6.07, 6.45) is 11.3. The minimum absolute atomic E-state index is 0.0388. The van der Waals surface area contributed by atoms with E-state index >= 15 is 0 Å². The van der Waals surface area contributed by atoms with Crippen molar-refractivity contribution < 1.29 is 4.79 Å². The second-order valence-corrected chi connectivity index (χ2v) is 9.52. The van der Waals surface area contributed by atoms with E-state index in [4.69, 9.17) is 0 Å². The first-order chi connectivity index (χ1) is 17.5. The zero-order chi connectivity index (χ0) is 25.1. The van der Waals surface area contributed by atoms with E-state index in [-0.39, 0.29) is 5.91 Å². The van der Waals surface area contributed by atoms with Gasteiger partial charge in [-0.1, -0.05) is 36.9 Å². The van der Waals surface area contributed by atoms with Crippen molar-refractivity contribution in [3.8, 4) is 11.1 Å². The smallest absolute Gasteiger partial charge is 0.245 e. The first kappa shape index (κ1) is 23.8. The summed E-state index contributed by atoms with van der Waals surface area (Å²) in [6.45, 7) is 6.09. The SMILES string of the molecule is C=CC(=O)N1CCC(N(C)Cc2ccc(-c3ccc4[nH]nc(/C=C/c5cnn(C)c5)c4c3)cc2)CC1. The van der Waals surface area contributed by atoms with Crippen LogP contribution in [0.25, 0.3) is 34.2 Å². The fourth-order valence-electron chi connectivity index (χ4n) is 4.92. The topological polar surface area (TPSA) is 70.1 Å². The number of hydrogen-bond acceptors (Lipinski definition) is 4. The highest BCUT2D eigenvalue weighted by Crippen LogP contribution is 2.27. The van der Waals surface area contributed by atoms with Crippen molar-refractivity contribution in [2.45, 2.75) is 25.4 Å². The number of nitrogens with zero attached hydrogens (tertiary/aromatic N) is 5. The molecule has 4 aromatic rings. The van der Waals surface area contributed by atoms with Crippen LogP contribution in [0, 0.1) is 0 Å². The standard InChI is InChI=1S/C29H32N6O/c1-4-29(36)35-15-13-25(14-16-35)33(2)19-21-5-8-23(9-6-21)24-10-12-28-26(17-24)27(31-32-28)11-7-22-18-30-34(3)20-22/h4-12,17-18,20,25H,1,13-16,19H2,2-3H3,(H,31,32)/b11-7+. The Morgan fingerprint density at radius 3 is 2.58 bits per heavy atom. The number of rotatable bonds is 7. The lowest BCUT2D eigenvalue weighted by Crippen LogP contribution is -2.44. The minimum Gasteiger partial charge on any atom is -0.339 e. The highest BCUT2D eigenvalue weighted by atomic mass is 16.2. The Hall–Kier alpha value is -3.97. The summed E-state index contributed by atoms with van der Waals surface area (Å²) >= 11 is 0. The van der Waals surface area contributed by atoms with Gasteiger partial charge in [-0.2, -0.15) is 10.2 Å². The van der Waals surface area contributed by atoms with Crippen LogP contribution in [0.5, 0.6) is 0 Å². The molecule has 0 radical (unpaired) electrons. The van der Waals surface area contributed by atoms with Gasteiger partial charge in [0, 0.05) is 49.9 Å². The molecule has 1 fully saturated rings. The van der Waals surface area contributed by atoms with Gasteiger partial charge in [0.05, 0.1) is 17.4 Å². The maximum absolute atomic E-state index is 11.8. The molecule has 0 bridgehead atoms. The zero-order valence-corrected chi connectivity index (χ0v) is 20.9. The molecule has 2 aromatic heterocycles. The summed E-state index contributed by atoms with van der Waals surface area (Å²) in [5, 5.41) is 12.9. The van der Waals surface area contributed by atoms with E-state index in [1.54, 1.807) is 4.68 Å². The van der Waals surface area contributed by atoms with Crippen LogP contribution in [0.2, 0.25) is 0 Å². The molecular weight excluding hydrogens is 448 g/mol. The van der Waals surface area contributed by atoms with Crippen molar-refractivity contribution in [3.63, 3.8) is 0 Å². The van der Waals surface area contributed by atoms with Gasteiger partial charge in [-0.15, -0.1) is 0 Å². The zero-order valence-electron chi connectivity index (χ0n) is 20.9. The fourth-order valence-corrected chi connectivity index (χ4v) is 4.92. The van der Waals surface area contributed by atoms with Gasteiger partial charge < -0.3 is 4.90 Å². The van der Waals surface area contributed by atoms with Gasteiger partial charge in [-0.25, -0.2) is 0 Å². The molecular formula is C29H32N6O. The third kappa shape index (κ3) is 5.16. The van der Waals surface area contributed by atoms with Crippen molar-refractivity contribution in [1.82, 2.24) is 29.8 Å². The molecule has 5 rings (SSSR count). The molecule has 184 valence electrons. The number of amides is 1. The first-order valence-corrected chi connectivity index (χ1v) is 12.4. The van der Waals surface area contributed by atoms with Gasteiger partial charge in [-0.05, 0) is 66.9 Å². The Kier molecular flexibility index (Phi) is 6.82. The van der Waals surface area contributed by atoms with Gasteiger partial charge >= 0.3 is 0 Å². The molecule has 0 saturated carbocycles. The summed E-state index contributed by atoms with van der Waals surface area (Å²) in [6, 6.07) is 15.7. The molecule has 7 nitrogen and oxygen atoms in total. The number of benzene rings is 2. The molecule has 1 saturated heterocycles. The van der Waals surface area contributed by atoms with Crippen molar-refractivity contribution >= 4 is 29.0 Å². The summed E-state index contributed by atoms with van der Waals surface area (Å²) in [4.78, 5) is 16.1. The average molecular weight is 481 g/mol. The molecule has 2 aromatic carbocycles. The predicted molar refractivity (Wildman–Crippen MR) is 145 cm³/mol. The number of aromatic amines is 1. The minimum atomic E-state index is 0.0388. The average Bonchev–Trinajstić information content (AvgIpc) is 3.52. The van der Waals surface area contributed by atoms with Crippen molar-refractivity contribution in [1.29, 1.82) is 0 Å². The van der Waals surface area contributed by atoms with E-state index < -0.39 is 0 Å². The van der Waals surface area contributed by atoms with Crippen molar-refractivity contribution in [3.05, 3.63) is 84.3 Å². The summed E-state index contributed by atoms with van der Waals surface area (Å²) in [5.41, 5.74) is 6.61. The number of H-pyrrole nitrogens is 1. The molecule has 0 unspecified atom stereocenters. The Morgan fingerprint density at radius 2 is 1.89 bits per heavy atom. The number of piperidine rings is 1. The predicted octanol–water partition coefficient (Wildman–Crippen LogP) is 4.74. The number of fused-ring (bicyclic) bond motifs is 1. The lowest BCUT2D eigenvalue weighted by atomic mass is 10.0. The molecule has 3 heterocycles. The van der Waals surface area contributed by atoms with Crippen LogP contribution in [0.1, 0.15) is 29.7 Å². The Labute approximate surface area is 211 Å². The molecule has 7 heteroatoms. The van der Waals surface area contributed by atoms with Gasteiger partial charge in [0.1, 0.15) is 0 Å². The third-order valence-corrected chi connectivity index (χ3v) is 7.04. The monoisotopic (exact) mass is 480 g/mol. The quantitative estimate of drug-likeness (QED) is 0.388. The van der Waals surface area contributed by atoms with Gasteiger partial charge in [0.15, 0.2) is 0 Å². The van der Waals surface area contributed by atoms with Crippen molar-refractivity contribution in [2.24, 2.45) is 7.05 Å². The van der Waals surface area contributed by atoms with Crippen LogP contribution in [-0.2, 0) is 18.4 Å². The van der Waals surface area contributed by atoms with Gasteiger partial charge in [-0.3, -0.25) is 19.5 Å². The molecule has 1 aliphatic rings. The van der Waals surface area contributed by atoms with Crippen LogP contribution in [0.3, 0.4) is 0 Å². The normalized spacial score (nSPS) is 14.8. The molecule has 1 N–H and O–H groups in total. The number of aryl methyl sites for hydroxylation is 1. The summed E-state index contributed by atoms with van der Waals surface area (Å²) in [5.74, 6) is 0.0388. The number of likely N-dealkylation sites (tertiary alicyclic amines) is 1. The van der Waals surface area contributed by atoms with Crippen LogP contribution < -0.4 is 0 Å². The second kappa shape index (κ2) is 10.3. The second-order valence-electron chi connectivity index (χ2n) is 9.52. The van der Waals surface area contributed by atoms with E-state index in [0.717, 1.165) is 54.6 Å². The van der Waals surface area contributed by atoms with E-state index in [9.17, 15) is 4.79 Å². The first-order valence-electron chi connectivity index (χ1n) is 12.4. The summed E-state index contributed by atoms with van der Waals surface area (Å²) < 4.78 is 1.79. The maximum atomic E-state index is 11.8. The molecule has 36 heavy (non-hydrogen) atoms. The maximum Gasteiger partial charge on any atom is 0.245 e. The molecule has 0 atom stereocenters. The Balaban J connectivity index is 1.25. The van der Waals surface area contributed by atoms with Gasteiger partial charge in [0.25, 0.3) is 0 Å². The van der Waals surface area contributed by atoms with Crippen LogP contribution >= 0.6 is 0 Å². The lowest BCUT2D eigenvalue weighted by molar-refractivity contribution is -0.127. The number of aromatic nitrogens is 4. The Morgan fingerprint density at radius 1 is 1.14 bits per heavy atom. The fraction of sp³-hybridized carbons (Fsp3) is 0.276. The van der Waals surface area contributed by atoms with Crippen LogP contribution in [0.4, 0.5) is 0 Å². The Bertz CT molecular complexity index is 1390. The molecule has 1 aliphatic heterocycles. The van der Waals surface area contributed by atoms with E-state index in [0.29, 0.717) is 6.04 Å². The van der Waals surface area contributed by atoms with Crippen LogP contribution in [-0.4, -0.2) is 61.9 Å². The van der Waals surface area contributed by atoms with E-state index in [1.807, 2.05) is 36.5 Å². The number of nitrogens with one attached hydrogen (secondary N) is 1. The number of hydrogen-bond donors (Lipinski definition) is 1. The lowest BCUT2D eigenvalue weighted by Gasteiger charge is -2.36. The molecule has 0 aliphatic carbocycles. The molecule has 0 spiro atoms. The number of carbonyl (C=O) groups is 1. The highest BCUT2D eigenvalue weighted by molar-refractivity contribution is 5.92. The van der Waals surface area contributed by atoms with Gasteiger partial charge in [0.2, 0.25) is 5.91 Å².